The molecule has 0 saturated heterocycles. The van der Waals surface area contributed by atoms with Gasteiger partial charge in [-0.2, -0.15) is 0 Å². The lowest BCUT2D eigenvalue weighted by Crippen LogP contribution is -2.02. The molecule has 0 amide bonds. The first kappa shape index (κ1) is 15.9. The van der Waals surface area contributed by atoms with Gasteiger partial charge in [0.15, 0.2) is 11.5 Å². The number of methoxy groups -OCH3 is 2. The summed E-state index contributed by atoms with van der Waals surface area (Å²) in [5, 5.41) is 8.93. The molecule has 2 rings (SSSR count). The largest absolute Gasteiger partial charge is 0.493 e. The van der Waals surface area contributed by atoms with E-state index < -0.39 is 5.97 Å². The average Bonchev–Trinajstić information content (AvgIpc) is 2.53. The quantitative estimate of drug-likeness (QED) is 0.877. The fourth-order valence-corrected chi connectivity index (χ4v) is 2.42. The van der Waals surface area contributed by atoms with Crippen molar-refractivity contribution < 1.29 is 19.4 Å². The van der Waals surface area contributed by atoms with Crippen molar-refractivity contribution in [2.24, 2.45) is 0 Å². The van der Waals surface area contributed by atoms with Crippen molar-refractivity contribution in [2.75, 3.05) is 14.2 Å². The molecule has 0 aromatic heterocycles. The van der Waals surface area contributed by atoms with Gasteiger partial charge in [0.1, 0.15) is 0 Å². The molecule has 0 fully saturated rings. The Morgan fingerprint density at radius 2 is 1.73 bits per heavy atom. The molecule has 0 saturated carbocycles. The molecule has 0 aliphatic carbocycles. The van der Waals surface area contributed by atoms with Gasteiger partial charge in [0.25, 0.3) is 0 Å². The number of carbonyl (C=O) groups is 1. The van der Waals surface area contributed by atoms with E-state index in [2.05, 4.69) is 0 Å². The number of carboxylic acids is 1. The van der Waals surface area contributed by atoms with Crippen LogP contribution in [-0.4, -0.2) is 25.3 Å². The van der Waals surface area contributed by atoms with E-state index in [1.165, 1.54) is 0 Å². The van der Waals surface area contributed by atoms with Crippen LogP contribution in [-0.2, 0) is 4.79 Å². The van der Waals surface area contributed by atoms with Gasteiger partial charge in [0, 0.05) is 0 Å². The van der Waals surface area contributed by atoms with Gasteiger partial charge in [-0.05, 0) is 34.7 Å². The monoisotopic (exact) mass is 300 g/mol. The average molecular weight is 300 g/mol. The Labute approximate surface area is 130 Å². The standard InChI is InChI=1S/C18H20O4/c1-12(9-18(19)20)13-5-4-6-14(10-13)15-7-8-16(21-2)17(11-15)22-3/h4-8,10-12H,9H2,1-3H3,(H,19,20). The van der Waals surface area contributed by atoms with Crippen LogP contribution in [0.1, 0.15) is 24.8 Å². The Morgan fingerprint density at radius 1 is 1.05 bits per heavy atom. The molecule has 0 aliphatic rings. The van der Waals surface area contributed by atoms with E-state index in [4.69, 9.17) is 14.6 Å². The second-order valence-corrected chi connectivity index (χ2v) is 5.19. The summed E-state index contributed by atoms with van der Waals surface area (Å²) in [5.41, 5.74) is 3.03. The first-order valence-corrected chi connectivity index (χ1v) is 7.09. The number of aliphatic carboxylic acids is 1. The fourth-order valence-electron chi connectivity index (χ4n) is 2.42. The third kappa shape index (κ3) is 3.58. The van der Waals surface area contributed by atoms with Crippen LogP contribution in [0.25, 0.3) is 11.1 Å². The van der Waals surface area contributed by atoms with E-state index >= 15 is 0 Å². The van der Waals surface area contributed by atoms with Crippen molar-refractivity contribution in [1.82, 2.24) is 0 Å². The minimum atomic E-state index is -0.788. The number of hydrogen-bond donors (Lipinski definition) is 1. The highest BCUT2D eigenvalue weighted by atomic mass is 16.5. The maximum Gasteiger partial charge on any atom is 0.303 e. The fraction of sp³-hybridized carbons (Fsp3) is 0.278. The summed E-state index contributed by atoms with van der Waals surface area (Å²) >= 11 is 0. The summed E-state index contributed by atoms with van der Waals surface area (Å²) in [6, 6.07) is 13.7. The molecule has 22 heavy (non-hydrogen) atoms. The smallest absolute Gasteiger partial charge is 0.303 e. The molecule has 4 nitrogen and oxygen atoms in total. The van der Waals surface area contributed by atoms with Crippen molar-refractivity contribution >= 4 is 5.97 Å². The van der Waals surface area contributed by atoms with Crippen LogP contribution >= 0.6 is 0 Å². The van der Waals surface area contributed by atoms with E-state index in [1.54, 1.807) is 14.2 Å². The molecule has 116 valence electrons. The van der Waals surface area contributed by atoms with Crippen LogP contribution in [0.5, 0.6) is 11.5 Å². The first-order chi connectivity index (χ1) is 10.5. The van der Waals surface area contributed by atoms with Crippen LogP contribution in [0.3, 0.4) is 0 Å². The molecule has 0 bridgehead atoms. The van der Waals surface area contributed by atoms with Gasteiger partial charge < -0.3 is 14.6 Å². The maximum atomic E-state index is 10.9. The van der Waals surface area contributed by atoms with Gasteiger partial charge in [-0.15, -0.1) is 0 Å². The Bertz CT molecular complexity index is 664. The molecule has 1 unspecified atom stereocenters. The highest BCUT2D eigenvalue weighted by Gasteiger charge is 2.12. The summed E-state index contributed by atoms with van der Waals surface area (Å²) in [6.45, 7) is 1.92. The van der Waals surface area contributed by atoms with Crippen molar-refractivity contribution in [3.05, 3.63) is 48.0 Å². The van der Waals surface area contributed by atoms with E-state index in [1.807, 2.05) is 49.4 Å². The summed E-state index contributed by atoms with van der Waals surface area (Å²) in [6.07, 6.45) is 0.120. The van der Waals surface area contributed by atoms with Crippen LogP contribution in [0.15, 0.2) is 42.5 Å². The van der Waals surface area contributed by atoms with Gasteiger partial charge >= 0.3 is 5.97 Å². The van der Waals surface area contributed by atoms with E-state index in [9.17, 15) is 4.79 Å². The van der Waals surface area contributed by atoms with Crippen LogP contribution in [0.2, 0.25) is 0 Å². The molecule has 2 aromatic rings. The number of hydrogen-bond acceptors (Lipinski definition) is 3. The van der Waals surface area contributed by atoms with E-state index in [0.29, 0.717) is 11.5 Å². The topological polar surface area (TPSA) is 55.8 Å². The number of carboxylic acid groups (broad SMARTS) is 1. The zero-order chi connectivity index (χ0) is 16.1. The second-order valence-electron chi connectivity index (χ2n) is 5.19. The zero-order valence-corrected chi connectivity index (χ0v) is 13.0. The summed E-state index contributed by atoms with van der Waals surface area (Å²) < 4.78 is 10.6. The molecule has 4 heteroatoms. The number of ether oxygens (including phenoxy) is 2. The highest BCUT2D eigenvalue weighted by Crippen LogP contribution is 2.33. The lowest BCUT2D eigenvalue weighted by atomic mass is 9.94. The lowest BCUT2D eigenvalue weighted by molar-refractivity contribution is -0.137. The van der Waals surface area contributed by atoms with Gasteiger partial charge in [-0.25, -0.2) is 0 Å². The molecule has 2 aromatic carbocycles. The van der Waals surface area contributed by atoms with Gasteiger partial charge in [-0.3, -0.25) is 4.79 Å². The minimum Gasteiger partial charge on any atom is -0.493 e. The normalized spacial score (nSPS) is 11.8. The number of rotatable bonds is 6. The second kappa shape index (κ2) is 6.98. The van der Waals surface area contributed by atoms with E-state index in [-0.39, 0.29) is 12.3 Å². The highest BCUT2D eigenvalue weighted by molar-refractivity contribution is 5.70. The Morgan fingerprint density at radius 3 is 2.36 bits per heavy atom. The number of benzene rings is 2. The summed E-state index contributed by atoms with van der Waals surface area (Å²) in [4.78, 5) is 10.9. The lowest BCUT2D eigenvalue weighted by Gasteiger charge is -2.13. The molecule has 1 atom stereocenters. The summed E-state index contributed by atoms with van der Waals surface area (Å²) in [5.74, 6) is 0.534. The van der Waals surface area contributed by atoms with Crippen LogP contribution in [0, 0.1) is 0 Å². The molecular formula is C18H20O4. The minimum absolute atomic E-state index is 0.0300. The molecule has 1 N–H and O–H groups in total. The van der Waals surface area contributed by atoms with Gasteiger partial charge in [-0.1, -0.05) is 37.3 Å². The predicted molar refractivity (Wildman–Crippen MR) is 85.6 cm³/mol. The predicted octanol–water partition coefficient (Wildman–Crippen LogP) is 3.95. The van der Waals surface area contributed by atoms with Gasteiger partial charge in [0.2, 0.25) is 0 Å². The van der Waals surface area contributed by atoms with Crippen LogP contribution in [0.4, 0.5) is 0 Å². The zero-order valence-electron chi connectivity index (χ0n) is 13.0. The molecule has 0 heterocycles. The third-order valence-corrected chi connectivity index (χ3v) is 3.65. The maximum absolute atomic E-state index is 10.9. The first-order valence-electron chi connectivity index (χ1n) is 7.09. The van der Waals surface area contributed by atoms with Crippen molar-refractivity contribution in [1.29, 1.82) is 0 Å². The van der Waals surface area contributed by atoms with Crippen molar-refractivity contribution in [3.8, 4) is 22.6 Å². The van der Waals surface area contributed by atoms with E-state index in [0.717, 1.165) is 16.7 Å². The molecule has 0 radical (unpaired) electrons. The van der Waals surface area contributed by atoms with Crippen molar-refractivity contribution in [2.45, 2.75) is 19.3 Å². The third-order valence-electron chi connectivity index (χ3n) is 3.65. The van der Waals surface area contributed by atoms with Crippen molar-refractivity contribution in [3.63, 3.8) is 0 Å². The Kier molecular flexibility index (Phi) is 5.04. The summed E-state index contributed by atoms with van der Waals surface area (Å²) in [7, 11) is 3.21. The van der Waals surface area contributed by atoms with Crippen LogP contribution < -0.4 is 9.47 Å². The Hall–Kier alpha value is -2.49. The SMILES string of the molecule is COc1ccc(-c2cccc(C(C)CC(=O)O)c2)cc1OC. The molecule has 0 aliphatic heterocycles. The Balaban J connectivity index is 2.35. The molecular weight excluding hydrogens is 280 g/mol. The van der Waals surface area contributed by atoms with Gasteiger partial charge in [0.05, 0.1) is 20.6 Å². The molecule has 0 spiro atoms.